The number of hydrogen-bond acceptors (Lipinski definition) is 3. The second-order valence-electron chi connectivity index (χ2n) is 5.24. The summed E-state index contributed by atoms with van der Waals surface area (Å²) in [6, 6.07) is 0.463. The molecule has 0 aromatic heterocycles. The van der Waals surface area contributed by atoms with Gasteiger partial charge in [-0.1, -0.05) is 20.3 Å². The summed E-state index contributed by atoms with van der Waals surface area (Å²) >= 11 is 0. The van der Waals surface area contributed by atoms with E-state index >= 15 is 0 Å². The van der Waals surface area contributed by atoms with Gasteiger partial charge in [0.2, 0.25) is 0 Å². The lowest BCUT2D eigenvalue weighted by molar-refractivity contribution is -0.0262. The molecule has 0 aliphatic carbocycles. The Balaban J connectivity index is 2.59. The van der Waals surface area contributed by atoms with Crippen LogP contribution >= 0.6 is 0 Å². The van der Waals surface area contributed by atoms with Crippen molar-refractivity contribution in [3.05, 3.63) is 0 Å². The van der Waals surface area contributed by atoms with E-state index in [0.717, 1.165) is 32.8 Å². The molecule has 18 heavy (non-hydrogen) atoms. The van der Waals surface area contributed by atoms with Gasteiger partial charge in [0.25, 0.3) is 0 Å². The Morgan fingerprint density at radius 3 is 2.67 bits per heavy atom. The van der Waals surface area contributed by atoms with Crippen molar-refractivity contribution in [3.8, 4) is 0 Å². The fraction of sp³-hybridized carbons (Fsp3) is 1.00. The van der Waals surface area contributed by atoms with Crippen LogP contribution in [0.1, 0.15) is 52.9 Å². The van der Waals surface area contributed by atoms with Crippen molar-refractivity contribution >= 4 is 0 Å². The predicted octanol–water partition coefficient (Wildman–Crippen LogP) is 2.99. The van der Waals surface area contributed by atoms with Crippen molar-refractivity contribution in [2.24, 2.45) is 5.92 Å². The molecule has 1 saturated heterocycles. The van der Waals surface area contributed by atoms with E-state index in [9.17, 15) is 0 Å². The van der Waals surface area contributed by atoms with Crippen LogP contribution in [0.3, 0.4) is 0 Å². The summed E-state index contributed by atoms with van der Waals surface area (Å²) in [5, 5.41) is 3.70. The van der Waals surface area contributed by atoms with Crippen LogP contribution < -0.4 is 5.32 Å². The molecule has 0 radical (unpaired) electrons. The van der Waals surface area contributed by atoms with Gasteiger partial charge in [0.1, 0.15) is 0 Å². The average Bonchev–Trinajstić information content (AvgIpc) is 2.41. The topological polar surface area (TPSA) is 30.5 Å². The zero-order chi connectivity index (χ0) is 13.2. The third kappa shape index (κ3) is 5.25. The number of rotatable bonds is 9. The molecule has 3 atom stereocenters. The van der Waals surface area contributed by atoms with Gasteiger partial charge >= 0.3 is 0 Å². The average molecular weight is 257 g/mol. The minimum atomic E-state index is 0.346. The van der Waals surface area contributed by atoms with Crippen LogP contribution in [0.15, 0.2) is 0 Å². The largest absolute Gasteiger partial charge is 0.381 e. The normalized spacial score (nSPS) is 23.8. The molecule has 1 rings (SSSR count). The molecular formula is C15H31NO2. The first-order valence-corrected chi connectivity index (χ1v) is 7.76. The van der Waals surface area contributed by atoms with E-state index in [1.54, 1.807) is 0 Å². The van der Waals surface area contributed by atoms with Gasteiger partial charge in [0, 0.05) is 25.2 Å². The molecule has 0 aromatic rings. The van der Waals surface area contributed by atoms with Crippen LogP contribution in [-0.2, 0) is 9.47 Å². The van der Waals surface area contributed by atoms with E-state index in [2.05, 4.69) is 26.1 Å². The Morgan fingerprint density at radius 1 is 1.28 bits per heavy atom. The monoisotopic (exact) mass is 257 g/mol. The summed E-state index contributed by atoms with van der Waals surface area (Å²) in [7, 11) is 0. The molecule has 108 valence electrons. The molecule has 1 fully saturated rings. The van der Waals surface area contributed by atoms with E-state index in [1.807, 2.05) is 0 Å². The minimum Gasteiger partial charge on any atom is -0.381 e. The first kappa shape index (κ1) is 15.9. The third-order valence-electron chi connectivity index (χ3n) is 3.69. The van der Waals surface area contributed by atoms with Gasteiger partial charge in [-0.25, -0.2) is 0 Å². The molecule has 1 N–H and O–H groups in total. The smallest absolute Gasteiger partial charge is 0.0731 e. The van der Waals surface area contributed by atoms with Crippen molar-refractivity contribution in [1.82, 2.24) is 5.32 Å². The summed E-state index contributed by atoms with van der Waals surface area (Å²) in [5.41, 5.74) is 0. The van der Waals surface area contributed by atoms with Gasteiger partial charge in [-0.05, 0) is 39.2 Å². The van der Waals surface area contributed by atoms with Crippen molar-refractivity contribution in [2.75, 3.05) is 26.4 Å². The Hall–Kier alpha value is -0.120. The van der Waals surface area contributed by atoms with E-state index in [4.69, 9.17) is 9.47 Å². The molecule has 1 aliphatic rings. The SMILES string of the molecule is CCCNC(C1CCCOC1)C(CCC)OCC. The lowest BCUT2D eigenvalue weighted by atomic mass is 9.88. The van der Waals surface area contributed by atoms with Crippen LogP contribution in [0.5, 0.6) is 0 Å². The standard InChI is InChI=1S/C15H31NO2/c1-4-8-14(18-6-3)15(16-10-5-2)13-9-7-11-17-12-13/h13-16H,4-12H2,1-3H3. The molecule has 0 saturated carbocycles. The maximum atomic E-state index is 5.98. The molecule has 0 bridgehead atoms. The lowest BCUT2D eigenvalue weighted by Gasteiger charge is -2.36. The highest BCUT2D eigenvalue weighted by molar-refractivity contribution is 4.85. The minimum absolute atomic E-state index is 0.346. The Kier molecular flexibility index (Phi) is 8.64. The fourth-order valence-electron chi connectivity index (χ4n) is 2.83. The maximum absolute atomic E-state index is 5.98. The van der Waals surface area contributed by atoms with E-state index in [1.165, 1.54) is 25.7 Å². The first-order valence-electron chi connectivity index (χ1n) is 7.76. The van der Waals surface area contributed by atoms with Gasteiger partial charge in [-0.3, -0.25) is 0 Å². The third-order valence-corrected chi connectivity index (χ3v) is 3.69. The lowest BCUT2D eigenvalue weighted by Crippen LogP contribution is -2.49. The zero-order valence-corrected chi connectivity index (χ0v) is 12.4. The fourth-order valence-corrected chi connectivity index (χ4v) is 2.83. The Bertz CT molecular complexity index is 187. The van der Waals surface area contributed by atoms with Crippen LogP contribution in [0, 0.1) is 5.92 Å². The second kappa shape index (κ2) is 9.76. The van der Waals surface area contributed by atoms with Gasteiger partial charge in [0.15, 0.2) is 0 Å². The molecule has 1 heterocycles. The highest BCUT2D eigenvalue weighted by Gasteiger charge is 2.30. The van der Waals surface area contributed by atoms with E-state index in [-0.39, 0.29) is 0 Å². The van der Waals surface area contributed by atoms with Gasteiger partial charge in [-0.2, -0.15) is 0 Å². The van der Waals surface area contributed by atoms with Crippen LogP contribution in [0.4, 0.5) is 0 Å². The van der Waals surface area contributed by atoms with Crippen LogP contribution in [0.25, 0.3) is 0 Å². The van der Waals surface area contributed by atoms with Crippen molar-refractivity contribution in [2.45, 2.75) is 65.0 Å². The second-order valence-corrected chi connectivity index (χ2v) is 5.24. The Labute approximate surface area is 113 Å². The number of nitrogens with one attached hydrogen (secondary N) is 1. The highest BCUT2D eigenvalue weighted by atomic mass is 16.5. The number of hydrogen-bond donors (Lipinski definition) is 1. The molecule has 0 spiro atoms. The summed E-state index contributed by atoms with van der Waals surface area (Å²) < 4.78 is 11.6. The zero-order valence-electron chi connectivity index (χ0n) is 12.4. The van der Waals surface area contributed by atoms with Crippen molar-refractivity contribution in [3.63, 3.8) is 0 Å². The van der Waals surface area contributed by atoms with Crippen molar-refractivity contribution in [1.29, 1.82) is 0 Å². The van der Waals surface area contributed by atoms with Gasteiger partial charge < -0.3 is 14.8 Å². The van der Waals surface area contributed by atoms with Crippen LogP contribution in [0.2, 0.25) is 0 Å². The quantitative estimate of drug-likeness (QED) is 0.689. The molecule has 3 unspecified atom stereocenters. The molecule has 1 aliphatic heterocycles. The van der Waals surface area contributed by atoms with Crippen LogP contribution in [-0.4, -0.2) is 38.5 Å². The molecule has 0 aromatic carbocycles. The molecule has 3 nitrogen and oxygen atoms in total. The van der Waals surface area contributed by atoms with E-state index < -0.39 is 0 Å². The van der Waals surface area contributed by atoms with Gasteiger partial charge in [-0.15, -0.1) is 0 Å². The first-order chi connectivity index (χ1) is 8.83. The molecular weight excluding hydrogens is 226 g/mol. The highest BCUT2D eigenvalue weighted by Crippen LogP contribution is 2.23. The van der Waals surface area contributed by atoms with E-state index in [0.29, 0.717) is 18.1 Å². The van der Waals surface area contributed by atoms with Gasteiger partial charge in [0.05, 0.1) is 12.7 Å². The number of ether oxygens (including phenoxy) is 2. The maximum Gasteiger partial charge on any atom is 0.0731 e. The summed E-state index contributed by atoms with van der Waals surface area (Å²) in [5.74, 6) is 0.619. The molecule has 3 heteroatoms. The predicted molar refractivity (Wildman–Crippen MR) is 75.9 cm³/mol. The summed E-state index contributed by atoms with van der Waals surface area (Å²) in [6.07, 6.45) is 6.32. The summed E-state index contributed by atoms with van der Waals surface area (Å²) in [4.78, 5) is 0. The summed E-state index contributed by atoms with van der Waals surface area (Å²) in [6.45, 7) is 10.3. The van der Waals surface area contributed by atoms with Crippen molar-refractivity contribution < 1.29 is 9.47 Å². The molecule has 0 amide bonds. The Morgan fingerprint density at radius 2 is 2.11 bits per heavy atom.